The standard InChI is InChI=1S/C16H18N2O5S2/c1-2-23-15(20)13-10-24-16(17-13)18-14(19)8-9-25(21,22)11-12-6-4-3-5-7-12/h3-7,10H,2,8-9,11H2,1H3,(H,17,18,19). The van der Waals surface area contributed by atoms with E-state index in [4.69, 9.17) is 4.74 Å². The quantitative estimate of drug-likeness (QED) is 0.703. The maximum absolute atomic E-state index is 12.1. The van der Waals surface area contributed by atoms with Crippen LogP contribution in [-0.2, 0) is 25.1 Å². The van der Waals surface area contributed by atoms with Crippen LogP contribution in [0.5, 0.6) is 0 Å². The Morgan fingerprint density at radius 3 is 2.64 bits per heavy atom. The molecule has 0 radical (unpaired) electrons. The fourth-order valence-corrected chi connectivity index (χ4v) is 4.00. The summed E-state index contributed by atoms with van der Waals surface area (Å²) in [5, 5.41) is 4.19. The van der Waals surface area contributed by atoms with E-state index in [2.05, 4.69) is 10.3 Å². The van der Waals surface area contributed by atoms with Gasteiger partial charge in [0.15, 0.2) is 20.7 Å². The van der Waals surface area contributed by atoms with Crippen molar-refractivity contribution in [2.45, 2.75) is 19.1 Å². The summed E-state index contributed by atoms with van der Waals surface area (Å²) in [5.41, 5.74) is 0.792. The second-order valence-electron chi connectivity index (χ2n) is 5.13. The maximum atomic E-state index is 12.1. The van der Waals surface area contributed by atoms with Gasteiger partial charge in [-0.05, 0) is 12.5 Å². The van der Waals surface area contributed by atoms with E-state index < -0.39 is 21.7 Å². The van der Waals surface area contributed by atoms with E-state index in [0.717, 1.165) is 11.3 Å². The molecule has 0 bridgehead atoms. The van der Waals surface area contributed by atoms with Gasteiger partial charge in [0.25, 0.3) is 0 Å². The normalized spacial score (nSPS) is 11.1. The number of hydrogen-bond donors (Lipinski definition) is 1. The van der Waals surface area contributed by atoms with Crippen LogP contribution in [0.4, 0.5) is 5.13 Å². The Labute approximate surface area is 150 Å². The van der Waals surface area contributed by atoms with Crippen LogP contribution in [0, 0.1) is 0 Å². The number of amides is 1. The number of sulfone groups is 1. The third-order valence-electron chi connectivity index (χ3n) is 3.10. The summed E-state index contributed by atoms with van der Waals surface area (Å²) in [7, 11) is -3.39. The van der Waals surface area contributed by atoms with E-state index in [1.165, 1.54) is 5.38 Å². The van der Waals surface area contributed by atoms with Crippen molar-refractivity contribution in [2.24, 2.45) is 0 Å². The number of nitrogens with zero attached hydrogens (tertiary/aromatic N) is 1. The highest BCUT2D eigenvalue weighted by Crippen LogP contribution is 2.16. The minimum Gasteiger partial charge on any atom is -0.461 e. The molecule has 0 aliphatic carbocycles. The van der Waals surface area contributed by atoms with Crippen molar-refractivity contribution in [3.8, 4) is 0 Å². The summed E-state index contributed by atoms with van der Waals surface area (Å²) in [6.45, 7) is 1.92. The van der Waals surface area contributed by atoms with Crippen LogP contribution in [0.25, 0.3) is 0 Å². The molecular formula is C16H18N2O5S2. The molecule has 1 aromatic carbocycles. The van der Waals surface area contributed by atoms with E-state index >= 15 is 0 Å². The second kappa shape index (κ2) is 8.72. The number of nitrogens with one attached hydrogen (secondary N) is 1. The van der Waals surface area contributed by atoms with Gasteiger partial charge in [0, 0.05) is 11.8 Å². The molecular weight excluding hydrogens is 364 g/mol. The number of thiazole rings is 1. The van der Waals surface area contributed by atoms with Crippen LogP contribution in [0.2, 0.25) is 0 Å². The van der Waals surface area contributed by atoms with Crippen molar-refractivity contribution in [1.82, 2.24) is 4.98 Å². The first-order valence-electron chi connectivity index (χ1n) is 7.56. The van der Waals surface area contributed by atoms with Crippen molar-refractivity contribution in [1.29, 1.82) is 0 Å². The first kappa shape index (κ1) is 19.1. The Balaban J connectivity index is 1.85. The third kappa shape index (κ3) is 6.28. The zero-order valence-corrected chi connectivity index (χ0v) is 15.2. The monoisotopic (exact) mass is 382 g/mol. The molecule has 0 aliphatic heterocycles. The van der Waals surface area contributed by atoms with E-state index in [-0.39, 0.29) is 35.4 Å². The summed E-state index contributed by atoms with van der Waals surface area (Å²) in [6, 6.07) is 8.79. The van der Waals surface area contributed by atoms with Gasteiger partial charge in [0.2, 0.25) is 5.91 Å². The number of carbonyl (C=O) groups is 2. The lowest BCUT2D eigenvalue weighted by Crippen LogP contribution is -2.18. The van der Waals surface area contributed by atoms with Crippen molar-refractivity contribution in [3.63, 3.8) is 0 Å². The largest absolute Gasteiger partial charge is 0.461 e. The highest BCUT2D eigenvalue weighted by molar-refractivity contribution is 7.90. The Morgan fingerprint density at radius 2 is 1.96 bits per heavy atom. The first-order valence-corrected chi connectivity index (χ1v) is 10.3. The van der Waals surface area contributed by atoms with Crippen molar-refractivity contribution in [2.75, 3.05) is 17.7 Å². The van der Waals surface area contributed by atoms with Gasteiger partial charge in [0.05, 0.1) is 18.1 Å². The molecule has 0 atom stereocenters. The minimum atomic E-state index is -3.39. The Hall–Kier alpha value is -2.26. The maximum Gasteiger partial charge on any atom is 0.357 e. The Kier molecular flexibility index (Phi) is 6.65. The average molecular weight is 382 g/mol. The number of aromatic nitrogens is 1. The summed E-state index contributed by atoms with van der Waals surface area (Å²) in [4.78, 5) is 27.3. The van der Waals surface area contributed by atoms with Gasteiger partial charge in [-0.3, -0.25) is 4.79 Å². The SMILES string of the molecule is CCOC(=O)c1csc(NC(=O)CCS(=O)(=O)Cc2ccccc2)n1. The number of carbonyl (C=O) groups excluding carboxylic acids is 2. The molecule has 2 rings (SSSR count). The van der Waals surface area contributed by atoms with E-state index in [0.29, 0.717) is 5.56 Å². The van der Waals surface area contributed by atoms with Crippen LogP contribution in [0.1, 0.15) is 29.4 Å². The lowest BCUT2D eigenvalue weighted by atomic mass is 10.2. The molecule has 1 amide bonds. The summed E-state index contributed by atoms with van der Waals surface area (Å²) >= 11 is 1.07. The summed E-state index contributed by atoms with van der Waals surface area (Å²) in [5.74, 6) is -1.40. The molecule has 0 saturated heterocycles. The number of benzene rings is 1. The molecule has 1 N–H and O–H groups in total. The van der Waals surface area contributed by atoms with E-state index in [1.54, 1.807) is 31.2 Å². The van der Waals surface area contributed by atoms with Crippen LogP contribution in [0.3, 0.4) is 0 Å². The molecule has 25 heavy (non-hydrogen) atoms. The van der Waals surface area contributed by atoms with Crippen molar-refractivity contribution < 1.29 is 22.7 Å². The molecule has 0 aliphatic rings. The molecule has 0 spiro atoms. The third-order valence-corrected chi connectivity index (χ3v) is 5.46. The van der Waals surface area contributed by atoms with Gasteiger partial charge in [0.1, 0.15) is 0 Å². The Bertz CT molecular complexity index is 831. The lowest BCUT2D eigenvalue weighted by molar-refractivity contribution is -0.115. The number of ether oxygens (including phenoxy) is 1. The zero-order chi connectivity index (χ0) is 18.3. The minimum absolute atomic E-state index is 0.106. The molecule has 9 heteroatoms. The molecule has 0 unspecified atom stereocenters. The Morgan fingerprint density at radius 1 is 1.24 bits per heavy atom. The fraction of sp³-hybridized carbons (Fsp3) is 0.312. The van der Waals surface area contributed by atoms with Crippen LogP contribution >= 0.6 is 11.3 Å². The molecule has 1 aromatic heterocycles. The highest BCUT2D eigenvalue weighted by Gasteiger charge is 2.16. The second-order valence-corrected chi connectivity index (χ2v) is 8.18. The van der Waals surface area contributed by atoms with Gasteiger partial charge >= 0.3 is 5.97 Å². The van der Waals surface area contributed by atoms with Gasteiger partial charge in [-0.2, -0.15) is 0 Å². The molecule has 0 fully saturated rings. The smallest absolute Gasteiger partial charge is 0.357 e. The zero-order valence-electron chi connectivity index (χ0n) is 13.6. The highest BCUT2D eigenvalue weighted by atomic mass is 32.2. The number of esters is 1. The number of anilines is 1. The van der Waals surface area contributed by atoms with E-state index in [9.17, 15) is 18.0 Å². The molecule has 134 valence electrons. The van der Waals surface area contributed by atoms with Crippen molar-refractivity contribution in [3.05, 3.63) is 47.0 Å². The molecule has 0 saturated carbocycles. The van der Waals surface area contributed by atoms with Crippen LogP contribution in [-0.4, -0.2) is 37.6 Å². The topological polar surface area (TPSA) is 102 Å². The predicted molar refractivity (Wildman–Crippen MR) is 95.3 cm³/mol. The molecule has 1 heterocycles. The molecule has 7 nitrogen and oxygen atoms in total. The van der Waals surface area contributed by atoms with Gasteiger partial charge in [-0.15, -0.1) is 11.3 Å². The molecule has 2 aromatic rings. The van der Waals surface area contributed by atoms with Crippen LogP contribution < -0.4 is 5.32 Å². The van der Waals surface area contributed by atoms with Crippen LogP contribution in [0.15, 0.2) is 35.7 Å². The van der Waals surface area contributed by atoms with Gasteiger partial charge < -0.3 is 10.1 Å². The van der Waals surface area contributed by atoms with E-state index in [1.807, 2.05) is 6.07 Å². The lowest BCUT2D eigenvalue weighted by Gasteiger charge is -2.05. The first-order chi connectivity index (χ1) is 11.9. The predicted octanol–water partition coefficient (Wildman–Crippen LogP) is 2.26. The number of rotatable bonds is 8. The average Bonchev–Trinajstić information content (AvgIpc) is 3.02. The summed E-state index contributed by atoms with van der Waals surface area (Å²) < 4.78 is 28.9. The fourth-order valence-electron chi connectivity index (χ4n) is 1.96. The van der Waals surface area contributed by atoms with Gasteiger partial charge in [-0.1, -0.05) is 30.3 Å². The van der Waals surface area contributed by atoms with Gasteiger partial charge in [-0.25, -0.2) is 18.2 Å². The van der Waals surface area contributed by atoms with Crippen molar-refractivity contribution >= 4 is 38.2 Å². The summed E-state index contributed by atoms with van der Waals surface area (Å²) in [6.07, 6.45) is -0.177. The number of hydrogen-bond acceptors (Lipinski definition) is 7.